The summed E-state index contributed by atoms with van der Waals surface area (Å²) in [6, 6.07) is 0. The van der Waals surface area contributed by atoms with Gasteiger partial charge in [-0.2, -0.15) is 0 Å². The average molecular weight is 148 g/mol. The summed E-state index contributed by atoms with van der Waals surface area (Å²) in [5.74, 6) is 0. The van der Waals surface area contributed by atoms with Gasteiger partial charge in [0.1, 0.15) is 0 Å². The van der Waals surface area contributed by atoms with Crippen LogP contribution in [0.3, 0.4) is 0 Å². The second-order valence-corrected chi connectivity index (χ2v) is 2.70. The van der Waals surface area contributed by atoms with Crippen molar-refractivity contribution in [2.24, 2.45) is 0 Å². The maximum atomic E-state index is 9.25. The van der Waals surface area contributed by atoms with E-state index < -0.39 is 14.9 Å². The van der Waals surface area contributed by atoms with Gasteiger partial charge in [0.2, 0.25) is 0 Å². The van der Waals surface area contributed by atoms with Gasteiger partial charge in [0, 0.05) is 0 Å². The van der Waals surface area contributed by atoms with Gasteiger partial charge in [0.25, 0.3) is 0 Å². The summed E-state index contributed by atoms with van der Waals surface area (Å²) in [6.07, 6.45) is 0. The zero-order chi connectivity index (χ0) is 3.58. The molecule has 0 rings (SSSR count). The van der Waals surface area contributed by atoms with Crippen LogP contribution in [0.15, 0.2) is 0 Å². The first-order chi connectivity index (χ1) is 1.73. The first-order valence-electron chi connectivity index (χ1n) is 0.928. The summed E-state index contributed by atoms with van der Waals surface area (Å²) in [7, 11) is 0. The standard InChI is InChI=1S/CH5AsO2.Na.H/c1-2(3)4;;/h2H,1H3,(H,3,4);;. The van der Waals surface area contributed by atoms with E-state index in [2.05, 4.69) is 0 Å². The second-order valence-electron chi connectivity index (χ2n) is 0.519. The van der Waals surface area contributed by atoms with Crippen LogP contribution < -0.4 is 0 Å². The molecule has 0 fully saturated rings. The topological polar surface area (TPSA) is 37.3 Å². The van der Waals surface area contributed by atoms with E-state index >= 15 is 0 Å². The Bertz CT molecular complexity index is 32.6. The average Bonchev–Trinajstić information content (AvgIpc) is 0.811. The molecule has 0 aromatic rings. The molecule has 0 aliphatic carbocycles. The molecule has 0 bridgehead atoms. The van der Waals surface area contributed by atoms with Crippen LogP contribution in [0, 0.1) is 0 Å². The van der Waals surface area contributed by atoms with Gasteiger partial charge < -0.3 is 0 Å². The minimum atomic E-state index is -2.58. The molecule has 1 unspecified atom stereocenters. The second kappa shape index (κ2) is 5.32. The van der Waals surface area contributed by atoms with Gasteiger partial charge >= 0.3 is 58.0 Å². The zero-order valence-corrected chi connectivity index (χ0v) is 4.45. The van der Waals surface area contributed by atoms with Crippen molar-refractivity contribution in [1.29, 1.82) is 0 Å². The Kier molecular flexibility index (Phi) is 10.2. The van der Waals surface area contributed by atoms with Gasteiger partial charge in [-0.1, -0.05) is 0 Å². The third-order valence-corrected chi connectivity index (χ3v) is 0. The van der Waals surface area contributed by atoms with Crippen molar-refractivity contribution in [1.82, 2.24) is 0 Å². The maximum absolute atomic E-state index is 9.25. The molecule has 4 heteroatoms. The molecule has 2 nitrogen and oxygen atoms in total. The molecule has 0 saturated heterocycles. The van der Waals surface area contributed by atoms with Crippen LogP contribution in [-0.4, -0.2) is 48.6 Å². The van der Waals surface area contributed by atoms with Crippen LogP contribution in [0.5, 0.6) is 0 Å². The van der Waals surface area contributed by atoms with Crippen molar-refractivity contribution < 1.29 is 7.84 Å². The van der Waals surface area contributed by atoms with Crippen LogP contribution in [0.2, 0.25) is 5.71 Å². The Balaban J connectivity index is 0. The van der Waals surface area contributed by atoms with Gasteiger partial charge in [-0.15, -0.1) is 0 Å². The summed E-state index contributed by atoms with van der Waals surface area (Å²) in [5.41, 5.74) is 1.33. The zero-order valence-electron chi connectivity index (χ0n) is 2.36. The van der Waals surface area contributed by atoms with E-state index in [1.54, 1.807) is 0 Å². The SMILES string of the molecule is C[AsH](=O)O.[NaH]. The quantitative estimate of drug-likeness (QED) is 0.429. The third-order valence-electron chi connectivity index (χ3n) is 0. The summed E-state index contributed by atoms with van der Waals surface area (Å²) < 4.78 is 16.9. The molecule has 0 saturated carbocycles. The molecule has 28 valence electrons. The molecule has 0 aliphatic rings. The Morgan fingerprint density at radius 2 is 1.80 bits per heavy atom. The van der Waals surface area contributed by atoms with Crippen molar-refractivity contribution in [3.63, 3.8) is 0 Å². The van der Waals surface area contributed by atoms with E-state index in [0.29, 0.717) is 0 Å². The van der Waals surface area contributed by atoms with E-state index in [9.17, 15) is 3.74 Å². The molecule has 5 heavy (non-hydrogen) atoms. The molecule has 0 aromatic heterocycles. The van der Waals surface area contributed by atoms with Gasteiger partial charge in [-0.3, -0.25) is 0 Å². The molecule has 0 aromatic carbocycles. The molecular weight excluding hydrogens is 142 g/mol. The van der Waals surface area contributed by atoms with Crippen molar-refractivity contribution in [2.45, 2.75) is 5.71 Å². The molecule has 0 amide bonds. The normalized spacial score (nSPS) is 12.4. The van der Waals surface area contributed by atoms with Crippen LogP contribution in [0.1, 0.15) is 0 Å². The fraction of sp³-hybridized carbons (Fsp3) is 1.00. The Labute approximate surface area is 57.7 Å². The van der Waals surface area contributed by atoms with Gasteiger partial charge in [0.05, 0.1) is 0 Å². The Morgan fingerprint density at radius 3 is 1.80 bits per heavy atom. The Hall–Kier alpha value is 1.32. The third kappa shape index (κ3) is 33.7. The molecule has 0 spiro atoms. The first-order valence-corrected chi connectivity index (χ1v) is 4.82. The van der Waals surface area contributed by atoms with Crippen LogP contribution in [-0.2, 0) is 3.74 Å². The first kappa shape index (κ1) is 9.58. The monoisotopic (exact) mass is 148 g/mol. The Morgan fingerprint density at radius 1 is 1.80 bits per heavy atom. The molecule has 0 radical (unpaired) electrons. The van der Waals surface area contributed by atoms with Crippen LogP contribution >= 0.6 is 0 Å². The summed E-state index contributed by atoms with van der Waals surface area (Å²) in [4.78, 5) is 0. The molecular formula is CH6AsNaO2. The summed E-state index contributed by atoms with van der Waals surface area (Å²) >= 11 is -2.58. The minimum absolute atomic E-state index is 0. The van der Waals surface area contributed by atoms with E-state index in [-0.39, 0.29) is 29.6 Å². The molecule has 0 aliphatic heterocycles. The predicted octanol–water partition coefficient (Wildman–Crippen LogP) is -1.39. The van der Waals surface area contributed by atoms with Crippen molar-refractivity contribution in [3.8, 4) is 0 Å². The van der Waals surface area contributed by atoms with Gasteiger partial charge in [-0.25, -0.2) is 0 Å². The summed E-state index contributed by atoms with van der Waals surface area (Å²) in [6.45, 7) is 0. The van der Waals surface area contributed by atoms with Crippen molar-refractivity contribution in [3.05, 3.63) is 0 Å². The number of hydrogen-bond donors (Lipinski definition) is 1. The van der Waals surface area contributed by atoms with Crippen molar-refractivity contribution in [2.75, 3.05) is 0 Å². The van der Waals surface area contributed by atoms with Gasteiger partial charge in [0.15, 0.2) is 0 Å². The van der Waals surface area contributed by atoms with E-state index in [1.807, 2.05) is 0 Å². The fourth-order valence-corrected chi connectivity index (χ4v) is 0. The van der Waals surface area contributed by atoms with E-state index in [0.717, 1.165) is 0 Å². The van der Waals surface area contributed by atoms with Gasteiger partial charge in [-0.05, 0) is 0 Å². The van der Waals surface area contributed by atoms with Crippen LogP contribution in [0.4, 0.5) is 0 Å². The van der Waals surface area contributed by atoms with Crippen LogP contribution in [0.25, 0.3) is 0 Å². The van der Waals surface area contributed by atoms with E-state index in [1.165, 1.54) is 5.71 Å². The molecule has 1 N–H and O–H groups in total. The predicted molar refractivity (Wildman–Crippen MR) is 23.1 cm³/mol. The van der Waals surface area contributed by atoms with E-state index in [4.69, 9.17) is 4.10 Å². The number of rotatable bonds is 0. The molecule has 0 heterocycles. The van der Waals surface area contributed by atoms with Crippen molar-refractivity contribution >= 4 is 44.5 Å². The molecule has 1 atom stereocenters. The summed E-state index contributed by atoms with van der Waals surface area (Å²) in [5, 5.41) is 0. The fourth-order valence-electron chi connectivity index (χ4n) is 0. The number of hydrogen-bond acceptors (Lipinski definition) is 1.